The minimum absolute atomic E-state index is 0.697. The van der Waals surface area contributed by atoms with Crippen molar-refractivity contribution in [1.82, 2.24) is 14.9 Å². The summed E-state index contributed by atoms with van der Waals surface area (Å²) in [5.41, 5.74) is 6.81. The number of aromatic nitrogens is 2. The van der Waals surface area contributed by atoms with E-state index in [0.717, 1.165) is 19.6 Å². The minimum atomic E-state index is 0.697. The molecule has 1 aliphatic rings. The molecule has 0 amide bonds. The number of rotatable bonds is 3. The number of H-pyrrole nitrogens is 1. The van der Waals surface area contributed by atoms with Gasteiger partial charge in [-0.2, -0.15) is 0 Å². The topological polar surface area (TPSA) is 57.9 Å². The Kier molecular flexibility index (Phi) is 2.61. The third kappa shape index (κ3) is 2.08. The molecule has 2 rings (SSSR count). The molecule has 4 heteroatoms. The van der Waals surface area contributed by atoms with Gasteiger partial charge in [0.05, 0.1) is 6.33 Å². The van der Waals surface area contributed by atoms with Crippen LogP contribution in [0.25, 0.3) is 0 Å². The van der Waals surface area contributed by atoms with Gasteiger partial charge in [-0.15, -0.1) is 0 Å². The summed E-state index contributed by atoms with van der Waals surface area (Å²) in [6.07, 6.45) is 4.85. The molecule has 1 aromatic rings. The third-order valence-corrected chi connectivity index (χ3v) is 2.65. The van der Waals surface area contributed by atoms with Gasteiger partial charge < -0.3 is 10.7 Å². The molecule has 2 heterocycles. The highest BCUT2D eigenvalue weighted by Gasteiger charge is 2.20. The van der Waals surface area contributed by atoms with E-state index in [2.05, 4.69) is 14.9 Å². The molecule has 0 aromatic carbocycles. The standard InChI is InChI=1S/C9H16N4/c10-3-8-1-2-13(5-8)6-9-4-11-7-12-9/h4,7-8H,1-3,5-6,10H2,(H,11,12). The smallest absolute Gasteiger partial charge is 0.0922 e. The summed E-state index contributed by atoms with van der Waals surface area (Å²) < 4.78 is 0. The van der Waals surface area contributed by atoms with E-state index in [0.29, 0.717) is 5.92 Å². The largest absolute Gasteiger partial charge is 0.347 e. The number of nitrogens with two attached hydrogens (primary N) is 1. The summed E-state index contributed by atoms with van der Waals surface area (Å²) in [5, 5.41) is 0. The van der Waals surface area contributed by atoms with Crippen molar-refractivity contribution in [3.8, 4) is 0 Å². The van der Waals surface area contributed by atoms with Gasteiger partial charge >= 0.3 is 0 Å². The highest BCUT2D eigenvalue weighted by molar-refractivity contribution is 4.95. The number of nitrogens with one attached hydrogen (secondary N) is 1. The van der Waals surface area contributed by atoms with Crippen molar-refractivity contribution in [2.75, 3.05) is 19.6 Å². The summed E-state index contributed by atoms with van der Waals surface area (Å²) in [7, 11) is 0. The predicted octanol–water partition coefficient (Wildman–Crippen LogP) is 0.190. The third-order valence-electron chi connectivity index (χ3n) is 2.65. The van der Waals surface area contributed by atoms with Crippen molar-refractivity contribution in [3.63, 3.8) is 0 Å². The van der Waals surface area contributed by atoms with E-state index in [4.69, 9.17) is 5.73 Å². The fourth-order valence-electron chi connectivity index (χ4n) is 1.86. The fraction of sp³-hybridized carbons (Fsp3) is 0.667. The van der Waals surface area contributed by atoms with Gasteiger partial charge in [-0.3, -0.25) is 4.90 Å². The Balaban J connectivity index is 1.84. The Morgan fingerprint density at radius 3 is 3.23 bits per heavy atom. The van der Waals surface area contributed by atoms with Crippen LogP contribution in [0.15, 0.2) is 12.5 Å². The second-order valence-electron chi connectivity index (χ2n) is 3.70. The monoisotopic (exact) mass is 180 g/mol. The highest BCUT2D eigenvalue weighted by atomic mass is 15.2. The van der Waals surface area contributed by atoms with Gasteiger partial charge in [0.15, 0.2) is 0 Å². The van der Waals surface area contributed by atoms with Gasteiger partial charge in [0, 0.05) is 25.0 Å². The summed E-state index contributed by atoms with van der Waals surface area (Å²) in [6, 6.07) is 0. The van der Waals surface area contributed by atoms with Gasteiger partial charge in [0.2, 0.25) is 0 Å². The molecular formula is C9H16N4. The first-order valence-corrected chi connectivity index (χ1v) is 4.78. The lowest BCUT2D eigenvalue weighted by Gasteiger charge is -2.13. The summed E-state index contributed by atoms with van der Waals surface area (Å²) in [4.78, 5) is 9.53. The Morgan fingerprint density at radius 1 is 1.69 bits per heavy atom. The molecule has 0 spiro atoms. The summed E-state index contributed by atoms with van der Waals surface area (Å²) in [6.45, 7) is 4.10. The molecule has 1 fully saturated rings. The molecule has 1 atom stereocenters. The van der Waals surface area contributed by atoms with Gasteiger partial charge in [-0.05, 0) is 25.4 Å². The van der Waals surface area contributed by atoms with E-state index in [9.17, 15) is 0 Å². The quantitative estimate of drug-likeness (QED) is 0.698. The number of aromatic amines is 1. The van der Waals surface area contributed by atoms with E-state index in [1.807, 2.05) is 6.20 Å². The van der Waals surface area contributed by atoms with Crippen molar-refractivity contribution in [1.29, 1.82) is 0 Å². The van der Waals surface area contributed by atoms with E-state index < -0.39 is 0 Å². The number of nitrogens with zero attached hydrogens (tertiary/aromatic N) is 2. The second kappa shape index (κ2) is 3.89. The zero-order chi connectivity index (χ0) is 9.10. The van der Waals surface area contributed by atoms with Gasteiger partial charge in [0.25, 0.3) is 0 Å². The summed E-state index contributed by atoms with van der Waals surface area (Å²) in [5.74, 6) is 0.697. The maximum absolute atomic E-state index is 5.62. The van der Waals surface area contributed by atoms with Gasteiger partial charge in [-0.1, -0.05) is 0 Å². The second-order valence-corrected chi connectivity index (χ2v) is 3.70. The van der Waals surface area contributed by atoms with E-state index in [1.165, 1.54) is 18.7 Å². The van der Waals surface area contributed by atoms with Gasteiger partial charge in [0.1, 0.15) is 0 Å². The normalized spacial score (nSPS) is 23.9. The van der Waals surface area contributed by atoms with E-state index in [-0.39, 0.29) is 0 Å². The molecule has 0 radical (unpaired) electrons. The Labute approximate surface area is 78.1 Å². The maximum Gasteiger partial charge on any atom is 0.0922 e. The fourth-order valence-corrected chi connectivity index (χ4v) is 1.86. The van der Waals surface area contributed by atoms with E-state index >= 15 is 0 Å². The lowest BCUT2D eigenvalue weighted by molar-refractivity contribution is 0.314. The van der Waals surface area contributed by atoms with Crippen LogP contribution in [-0.4, -0.2) is 34.5 Å². The molecule has 0 aliphatic carbocycles. The molecule has 1 unspecified atom stereocenters. The van der Waals surface area contributed by atoms with Crippen LogP contribution in [0.3, 0.4) is 0 Å². The van der Waals surface area contributed by atoms with Crippen LogP contribution in [0.1, 0.15) is 12.1 Å². The van der Waals surface area contributed by atoms with Crippen molar-refractivity contribution in [3.05, 3.63) is 18.2 Å². The van der Waals surface area contributed by atoms with Crippen LogP contribution >= 0.6 is 0 Å². The highest BCUT2D eigenvalue weighted by Crippen LogP contribution is 2.16. The average Bonchev–Trinajstić information content (AvgIpc) is 2.76. The summed E-state index contributed by atoms with van der Waals surface area (Å²) >= 11 is 0. The SMILES string of the molecule is NCC1CCN(Cc2cnc[nH]2)C1. The minimum Gasteiger partial charge on any atom is -0.347 e. The number of hydrogen-bond donors (Lipinski definition) is 2. The Morgan fingerprint density at radius 2 is 2.62 bits per heavy atom. The molecule has 0 bridgehead atoms. The van der Waals surface area contributed by atoms with Crippen molar-refractivity contribution >= 4 is 0 Å². The maximum atomic E-state index is 5.62. The van der Waals surface area contributed by atoms with Crippen LogP contribution in [0.2, 0.25) is 0 Å². The van der Waals surface area contributed by atoms with Crippen LogP contribution in [0, 0.1) is 5.92 Å². The lowest BCUT2D eigenvalue weighted by atomic mass is 10.1. The number of imidazole rings is 1. The number of likely N-dealkylation sites (tertiary alicyclic amines) is 1. The van der Waals surface area contributed by atoms with Crippen molar-refractivity contribution in [2.45, 2.75) is 13.0 Å². The Bertz CT molecular complexity index is 244. The lowest BCUT2D eigenvalue weighted by Crippen LogP contribution is -2.22. The number of hydrogen-bond acceptors (Lipinski definition) is 3. The zero-order valence-electron chi connectivity index (χ0n) is 7.74. The van der Waals surface area contributed by atoms with Crippen LogP contribution in [0.4, 0.5) is 0 Å². The average molecular weight is 180 g/mol. The molecule has 1 aromatic heterocycles. The molecule has 3 N–H and O–H groups in total. The molecule has 1 saturated heterocycles. The predicted molar refractivity (Wildman–Crippen MR) is 51.0 cm³/mol. The molecular weight excluding hydrogens is 164 g/mol. The van der Waals surface area contributed by atoms with E-state index in [1.54, 1.807) is 6.33 Å². The van der Waals surface area contributed by atoms with Crippen LogP contribution in [0.5, 0.6) is 0 Å². The zero-order valence-corrected chi connectivity index (χ0v) is 7.74. The van der Waals surface area contributed by atoms with Crippen LogP contribution in [-0.2, 0) is 6.54 Å². The molecule has 72 valence electrons. The van der Waals surface area contributed by atoms with Gasteiger partial charge in [-0.25, -0.2) is 4.98 Å². The molecule has 13 heavy (non-hydrogen) atoms. The Hall–Kier alpha value is -0.870. The molecule has 1 aliphatic heterocycles. The van der Waals surface area contributed by atoms with Crippen molar-refractivity contribution < 1.29 is 0 Å². The first-order valence-electron chi connectivity index (χ1n) is 4.78. The first-order chi connectivity index (χ1) is 6.38. The molecule has 4 nitrogen and oxygen atoms in total. The van der Waals surface area contributed by atoms with Crippen LogP contribution < -0.4 is 5.73 Å². The molecule has 0 saturated carbocycles. The van der Waals surface area contributed by atoms with Crippen molar-refractivity contribution in [2.24, 2.45) is 11.7 Å². The first kappa shape index (κ1) is 8.72.